The highest BCUT2D eigenvalue weighted by atomic mass is 127. The molecule has 0 amide bonds. The van der Waals surface area contributed by atoms with Crippen LogP contribution in [0.15, 0.2) is 23.2 Å². The van der Waals surface area contributed by atoms with Crippen LogP contribution in [-0.2, 0) is 5.41 Å². The predicted octanol–water partition coefficient (Wildman–Crippen LogP) is 3.71. The van der Waals surface area contributed by atoms with Crippen LogP contribution in [-0.4, -0.2) is 18.5 Å². The molecule has 3 N–H and O–H groups in total. The Morgan fingerprint density at radius 2 is 1.82 bits per heavy atom. The number of nitrogens with zero attached hydrogens (tertiary/aromatic N) is 1. The molecule has 0 heterocycles. The largest absolute Gasteiger partial charge is 0.370 e. The van der Waals surface area contributed by atoms with Crippen molar-refractivity contribution >= 4 is 29.9 Å². The number of halogens is 3. The van der Waals surface area contributed by atoms with Crippen molar-refractivity contribution in [3.05, 3.63) is 35.4 Å². The zero-order chi connectivity index (χ0) is 15.5. The summed E-state index contributed by atoms with van der Waals surface area (Å²) in [5.74, 6) is -0.641. The molecule has 0 atom stereocenters. The molecule has 1 saturated carbocycles. The van der Waals surface area contributed by atoms with E-state index in [2.05, 4.69) is 10.3 Å². The van der Waals surface area contributed by atoms with Crippen LogP contribution in [0, 0.1) is 11.6 Å². The lowest BCUT2D eigenvalue weighted by Gasteiger charge is -2.29. The van der Waals surface area contributed by atoms with Crippen molar-refractivity contribution in [2.45, 2.75) is 51.0 Å². The van der Waals surface area contributed by atoms with Crippen molar-refractivity contribution < 1.29 is 8.78 Å². The fraction of sp³-hybridized carbons (Fsp3) is 0.562. The van der Waals surface area contributed by atoms with Crippen LogP contribution >= 0.6 is 24.0 Å². The van der Waals surface area contributed by atoms with E-state index in [1.54, 1.807) is 0 Å². The van der Waals surface area contributed by atoms with Gasteiger partial charge in [0, 0.05) is 17.0 Å². The highest BCUT2D eigenvalue weighted by Gasteiger charge is 2.39. The number of nitrogens with two attached hydrogens (primary N) is 1. The van der Waals surface area contributed by atoms with Gasteiger partial charge in [0.05, 0.1) is 6.54 Å². The standard InChI is InChI=1S/C16H23F2N3.HI/c1-11(2)21-15(19)20-10-16(8-3-4-9-16)14-12(17)6-5-7-13(14)18;/h5-7,11H,3-4,8-10H2,1-2H3,(H3,19,20,21);1H. The van der Waals surface area contributed by atoms with Crippen LogP contribution in [0.5, 0.6) is 0 Å². The molecule has 1 aromatic rings. The smallest absolute Gasteiger partial charge is 0.188 e. The van der Waals surface area contributed by atoms with Crippen molar-refractivity contribution in [2.24, 2.45) is 10.7 Å². The van der Waals surface area contributed by atoms with Crippen molar-refractivity contribution in [2.75, 3.05) is 6.54 Å². The summed E-state index contributed by atoms with van der Waals surface area (Å²) in [4.78, 5) is 4.33. The lowest BCUT2D eigenvalue weighted by Crippen LogP contribution is -2.38. The number of hydrogen-bond acceptors (Lipinski definition) is 1. The summed E-state index contributed by atoms with van der Waals surface area (Å²) < 4.78 is 28.3. The summed E-state index contributed by atoms with van der Waals surface area (Å²) in [6.07, 6.45) is 3.40. The third-order valence-corrected chi connectivity index (χ3v) is 4.04. The molecule has 6 heteroatoms. The quantitative estimate of drug-likeness (QED) is 0.441. The first-order chi connectivity index (χ1) is 9.94. The maximum Gasteiger partial charge on any atom is 0.188 e. The normalized spacial score (nSPS) is 17.4. The SMILES string of the molecule is CC(C)NC(N)=NCC1(c2c(F)cccc2F)CCCC1.I. The van der Waals surface area contributed by atoms with Gasteiger partial charge in [0.1, 0.15) is 11.6 Å². The molecule has 1 aliphatic carbocycles. The van der Waals surface area contributed by atoms with Gasteiger partial charge < -0.3 is 11.1 Å². The highest BCUT2D eigenvalue weighted by molar-refractivity contribution is 14.0. The lowest BCUT2D eigenvalue weighted by molar-refractivity contribution is 0.400. The number of hydrogen-bond donors (Lipinski definition) is 2. The molecular weight excluding hydrogens is 399 g/mol. The summed E-state index contributed by atoms with van der Waals surface area (Å²) in [5.41, 5.74) is 5.42. The van der Waals surface area contributed by atoms with E-state index in [1.165, 1.54) is 18.2 Å². The van der Waals surface area contributed by atoms with Crippen LogP contribution in [0.25, 0.3) is 0 Å². The van der Waals surface area contributed by atoms with Gasteiger partial charge >= 0.3 is 0 Å². The molecule has 1 aromatic carbocycles. The zero-order valence-electron chi connectivity index (χ0n) is 13.0. The third kappa shape index (κ3) is 4.30. The van der Waals surface area contributed by atoms with Crippen LogP contribution in [0.4, 0.5) is 8.78 Å². The first-order valence-electron chi connectivity index (χ1n) is 7.45. The van der Waals surface area contributed by atoms with E-state index in [9.17, 15) is 8.78 Å². The Morgan fingerprint density at radius 1 is 1.27 bits per heavy atom. The van der Waals surface area contributed by atoms with Gasteiger partial charge in [-0.2, -0.15) is 0 Å². The molecule has 1 aliphatic rings. The van der Waals surface area contributed by atoms with Gasteiger partial charge in [0.2, 0.25) is 0 Å². The molecule has 0 unspecified atom stereocenters. The fourth-order valence-corrected chi connectivity index (χ4v) is 3.12. The fourth-order valence-electron chi connectivity index (χ4n) is 3.12. The molecule has 0 radical (unpaired) electrons. The Balaban J connectivity index is 0.00000242. The van der Waals surface area contributed by atoms with Gasteiger partial charge in [0.15, 0.2) is 5.96 Å². The minimum atomic E-state index is -0.571. The maximum atomic E-state index is 14.1. The van der Waals surface area contributed by atoms with E-state index in [1.807, 2.05) is 13.8 Å². The van der Waals surface area contributed by atoms with E-state index in [0.29, 0.717) is 12.5 Å². The average Bonchev–Trinajstić information content (AvgIpc) is 2.85. The van der Waals surface area contributed by atoms with Crippen LogP contribution in [0.1, 0.15) is 45.1 Å². The molecule has 0 aliphatic heterocycles. The molecule has 0 aromatic heterocycles. The Bertz CT molecular complexity index is 506. The van der Waals surface area contributed by atoms with Crippen LogP contribution in [0.2, 0.25) is 0 Å². The zero-order valence-corrected chi connectivity index (χ0v) is 15.4. The van der Waals surface area contributed by atoms with Crippen LogP contribution in [0.3, 0.4) is 0 Å². The van der Waals surface area contributed by atoms with Crippen molar-refractivity contribution in [1.82, 2.24) is 5.32 Å². The Hall–Kier alpha value is -0.920. The number of aliphatic imine (C=N–C) groups is 1. The minimum Gasteiger partial charge on any atom is -0.370 e. The summed E-state index contributed by atoms with van der Waals surface area (Å²) in [6, 6.07) is 4.21. The molecule has 124 valence electrons. The number of nitrogens with one attached hydrogen (secondary N) is 1. The summed E-state index contributed by atoms with van der Waals surface area (Å²) in [6.45, 7) is 4.24. The van der Waals surface area contributed by atoms with E-state index >= 15 is 0 Å². The molecule has 0 spiro atoms. The second kappa shape index (κ2) is 8.08. The van der Waals surface area contributed by atoms with Gasteiger partial charge in [-0.05, 0) is 38.8 Å². The molecule has 3 nitrogen and oxygen atoms in total. The molecule has 1 fully saturated rings. The van der Waals surface area contributed by atoms with Crippen LogP contribution < -0.4 is 11.1 Å². The summed E-state index contributed by atoms with van der Waals surface area (Å²) in [5, 5.41) is 3.00. The third-order valence-electron chi connectivity index (χ3n) is 4.04. The summed E-state index contributed by atoms with van der Waals surface area (Å²) >= 11 is 0. The van der Waals surface area contributed by atoms with E-state index < -0.39 is 17.0 Å². The van der Waals surface area contributed by atoms with Gasteiger partial charge in [-0.3, -0.25) is 4.99 Å². The van der Waals surface area contributed by atoms with Crippen molar-refractivity contribution in [3.8, 4) is 0 Å². The molecule has 0 saturated heterocycles. The van der Waals surface area contributed by atoms with E-state index in [-0.39, 0.29) is 35.6 Å². The highest BCUT2D eigenvalue weighted by Crippen LogP contribution is 2.43. The van der Waals surface area contributed by atoms with E-state index in [0.717, 1.165) is 25.7 Å². The Morgan fingerprint density at radius 3 is 2.32 bits per heavy atom. The van der Waals surface area contributed by atoms with Crippen molar-refractivity contribution in [3.63, 3.8) is 0 Å². The second-order valence-electron chi connectivity index (χ2n) is 6.08. The monoisotopic (exact) mass is 423 g/mol. The molecular formula is C16H24F2IN3. The van der Waals surface area contributed by atoms with Gasteiger partial charge in [0.25, 0.3) is 0 Å². The maximum absolute atomic E-state index is 14.1. The average molecular weight is 423 g/mol. The lowest BCUT2D eigenvalue weighted by atomic mass is 9.78. The molecule has 22 heavy (non-hydrogen) atoms. The van der Waals surface area contributed by atoms with Gasteiger partial charge in [-0.1, -0.05) is 18.9 Å². The Labute approximate surface area is 147 Å². The molecule has 2 rings (SSSR count). The topological polar surface area (TPSA) is 50.4 Å². The molecule has 0 bridgehead atoms. The predicted molar refractivity (Wildman–Crippen MR) is 96.7 cm³/mol. The summed E-state index contributed by atoms with van der Waals surface area (Å²) in [7, 11) is 0. The first kappa shape index (κ1) is 19.1. The van der Waals surface area contributed by atoms with E-state index in [4.69, 9.17) is 5.73 Å². The second-order valence-corrected chi connectivity index (χ2v) is 6.08. The van der Waals surface area contributed by atoms with Crippen molar-refractivity contribution in [1.29, 1.82) is 0 Å². The van der Waals surface area contributed by atoms with Gasteiger partial charge in [-0.25, -0.2) is 8.78 Å². The Kier molecular flexibility index (Phi) is 7.02. The number of benzene rings is 1. The number of guanidine groups is 1. The minimum absolute atomic E-state index is 0. The van der Waals surface area contributed by atoms with Gasteiger partial charge in [-0.15, -0.1) is 24.0 Å². The first-order valence-corrected chi connectivity index (χ1v) is 7.45. The number of rotatable bonds is 4.